The van der Waals surface area contributed by atoms with Crippen LogP contribution in [-0.4, -0.2) is 46.1 Å². The van der Waals surface area contributed by atoms with E-state index in [-0.39, 0.29) is 6.04 Å². The molecule has 7 nitrogen and oxygen atoms in total. The normalized spacial score (nSPS) is 12.8. The molecular formula is C11H18N6O. The molecule has 0 amide bonds. The maximum atomic E-state index is 5.85. The lowest BCUT2D eigenvalue weighted by atomic mass is 10.2. The number of hydrogen-bond acceptors (Lipinski definition) is 6. The van der Waals surface area contributed by atoms with Crippen molar-refractivity contribution in [1.29, 1.82) is 0 Å². The third-order valence-corrected chi connectivity index (χ3v) is 2.72. The Bertz CT molecular complexity index is 511. The minimum absolute atomic E-state index is 0.0359. The number of ether oxygens (including phenoxy) is 1. The van der Waals surface area contributed by atoms with Gasteiger partial charge in [-0.25, -0.2) is 9.97 Å². The third-order valence-electron chi connectivity index (χ3n) is 2.72. The Morgan fingerprint density at radius 1 is 1.50 bits per heavy atom. The molecule has 0 radical (unpaired) electrons. The van der Waals surface area contributed by atoms with Gasteiger partial charge in [0, 0.05) is 26.7 Å². The fraction of sp³-hybridized carbons (Fsp3) is 0.545. The highest BCUT2D eigenvalue weighted by Crippen LogP contribution is 2.17. The molecule has 0 aliphatic rings. The zero-order chi connectivity index (χ0) is 13.0. The Balaban J connectivity index is 1.99. The number of aromatic nitrogens is 4. The van der Waals surface area contributed by atoms with E-state index in [1.807, 2.05) is 7.05 Å². The number of nitrogens with one attached hydrogen (secondary N) is 1. The lowest BCUT2D eigenvalue weighted by molar-refractivity contribution is 0.178. The van der Waals surface area contributed by atoms with E-state index < -0.39 is 0 Å². The summed E-state index contributed by atoms with van der Waals surface area (Å²) in [5, 5.41) is 8.33. The topological polar surface area (TPSA) is 90.9 Å². The van der Waals surface area contributed by atoms with E-state index in [0.29, 0.717) is 6.61 Å². The van der Waals surface area contributed by atoms with Gasteiger partial charge in [-0.3, -0.25) is 4.68 Å². The Labute approximate surface area is 105 Å². The number of fused-ring (bicyclic) bond motifs is 1. The van der Waals surface area contributed by atoms with Crippen LogP contribution < -0.4 is 11.1 Å². The Morgan fingerprint density at radius 2 is 2.33 bits per heavy atom. The van der Waals surface area contributed by atoms with Gasteiger partial charge in [0.05, 0.1) is 18.2 Å². The van der Waals surface area contributed by atoms with Gasteiger partial charge in [-0.1, -0.05) is 0 Å². The molecule has 0 aliphatic heterocycles. The van der Waals surface area contributed by atoms with E-state index in [2.05, 4.69) is 20.4 Å². The van der Waals surface area contributed by atoms with Crippen LogP contribution in [0.2, 0.25) is 0 Å². The van der Waals surface area contributed by atoms with Crippen LogP contribution >= 0.6 is 0 Å². The largest absolute Gasteiger partial charge is 0.383 e. The maximum absolute atomic E-state index is 5.85. The highest BCUT2D eigenvalue weighted by molar-refractivity contribution is 5.85. The number of anilines is 1. The summed E-state index contributed by atoms with van der Waals surface area (Å²) in [6.07, 6.45) is 4.10. The lowest BCUT2D eigenvalue weighted by Gasteiger charge is -2.11. The van der Waals surface area contributed by atoms with Gasteiger partial charge in [-0.2, -0.15) is 5.10 Å². The molecule has 98 valence electrons. The minimum atomic E-state index is 0.0359. The molecule has 7 heteroatoms. The molecule has 0 saturated carbocycles. The number of hydrogen-bond donors (Lipinski definition) is 2. The molecule has 1 atom stereocenters. The fourth-order valence-corrected chi connectivity index (χ4v) is 1.78. The molecule has 0 saturated heterocycles. The van der Waals surface area contributed by atoms with Gasteiger partial charge in [-0.05, 0) is 6.42 Å². The zero-order valence-electron chi connectivity index (χ0n) is 10.6. The first-order valence-corrected chi connectivity index (χ1v) is 5.83. The monoisotopic (exact) mass is 250 g/mol. The molecule has 18 heavy (non-hydrogen) atoms. The number of nitrogens with zero attached hydrogens (tertiary/aromatic N) is 4. The molecule has 3 N–H and O–H groups in total. The Hall–Kier alpha value is -1.73. The summed E-state index contributed by atoms with van der Waals surface area (Å²) in [5.41, 5.74) is 6.66. The number of methoxy groups -OCH3 is 1. The van der Waals surface area contributed by atoms with Crippen molar-refractivity contribution in [3.63, 3.8) is 0 Å². The summed E-state index contributed by atoms with van der Waals surface area (Å²) in [5.74, 6) is 0.790. The summed E-state index contributed by atoms with van der Waals surface area (Å²) < 4.78 is 6.71. The molecule has 0 spiro atoms. The second-order valence-electron chi connectivity index (χ2n) is 4.16. The van der Waals surface area contributed by atoms with Crippen molar-refractivity contribution in [2.24, 2.45) is 12.8 Å². The highest BCUT2D eigenvalue weighted by Gasteiger charge is 2.07. The van der Waals surface area contributed by atoms with Crippen LogP contribution in [0.25, 0.3) is 11.0 Å². The van der Waals surface area contributed by atoms with Crippen LogP contribution in [0.3, 0.4) is 0 Å². The number of rotatable bonds is 6. The van der Waals surface area contributed by atoms with Crippen LogP contribution in [-0.2, 0) is 11.8 Å². The van der Waals surface area contributed by atoms with E-state index >= 15 is 0 Å². The molecule has 2 rings (SSSR count). The van der Waals surface area contributed by atoms with E-state index in [4.69, 9.17) is 10.5 Å². The summed E-state index contributed by atoms with van der Waals surface area (Å²) in [4.78, 5) is 8.39. The smallest absolute Gasteiger partial charge is 0.163 e. The molecule has 0 aliphatic carbocycles. The standard InChI is InChI=1S/C11H18N6O/c1-17-11-9(5-16-17)10(14-7-15-11)13-4-3-8(12)6-18-2/h5,7-8H,3-4,6,12H2,1-2H3,(H,13,14,15). The van der Waals surface area contributed by atoms with Gasteiger partial charge in [0.15, 0.2) is 5.65 Å². The SMILES string of the molecule is COCC(N)CCNc1ncnc2c1cnn2C. The minimum Gasteiger partial charge on any atom is -0.383 e. The summed E-state index contributed by atoms with van der Waals surface area (Å²) in [7, 11) is 3.50. The third kappa shape index (κ3) is 2.74. The van der Waals surface area contributed by atoms with E-state index in [0.717, 1.165) is 29.8 Å². The molecule has 0 fully saturated rings. The van der Waals surface area contributed by atoms with Crippen LogP contribution in [0.15, 0.2) is 12.5 Å². The highest BCUT2D eigenvalue weighted by atomic mass is 16.5. The summed E-state index contributed by atoms with van der Waals surface area (Å²) in [6, 6.07) is 0.0359. The van der Waals surface area contributed by atoms with Crippen molar-refractivity contribution in [2.45, 2.75) is 12.5 Å². The fourth-order valence-electron chi connectivity index (χ4n) is 1.78. The quantitative estimate of drug-likeness (QED) is 0.757. The Morgan fingerprint density at radius 3 is 3.11 bits per heavy atom. The van der Waals surface area contributed by atoms with Gasteiger partial charge >= 0.3 is 0 Å². The summed E-state index contributed by atoms with van der Waals surface area (Å²) >= 11 is 0. The van der Waals surface area contributed by atoms with Crippen LogP contribution in [0.5, 0.6) is 0 Å². The molecule has 2 aromatic heterocycles. The van der Waals surface area contributed by atoms with E-state index in [9.17, 15) is 0 Å². The number of nitrogens with two attached hydrogens (primary N) is 1. The average Bonchev–Trinajstić information content (AvgIpc) is 2.73. The molecule has 2 heterocycles. The number of aryl methyl sites for hydroxylation is 1. The van der Waals surface area contributed by atoms with Crippen molar-refractivity contribution < 1.29 is 4.74 Å². The molecule has 0 bridgehead atoms. The maximum Gasteiger partial charge on any atom is 0.163 e. The molecule has 1 unspecified atom stereocenters. The first-order valence-electron chi connectivity index (χ1n) is 5.83. The lowest BCUT2D eigenvalue weighted by Crippen LogP contribution is -2.28. The van der Waals surface area contributed by atoms with Gasteiger partial charge in [0.1, 0.15) is 12.1 Å². The molecular weight excluding hydrogens is 232 g/mol. The van der Waals surface area contributed by atoms with Gasteiger partial charge in [0.2, 0.25) is 0 Å². The predicted octanol–water partition coefficient (Wildman–Crippen LogP) is 0.139. The second-order valence-corrected chi connectivity index (χ2v) is 4.16. The van der Waals surface area contributed by atoms with Crippen molar-refractivity contribution in [2.75, 3.05) is 25.6 Å². The summed E-state index contributed by atoms with van der Waals surface area (Å²) in [6.45, 7) is 1.30. The molecule has 0 aromatic carbocycles. The average molecular weight is 250 g/mol. The molecule has 2 aromatic rings. The predicted molar refractivity (Wildman–Crippen MR) is 69.3 cm³/mol. The first kappa shape index (κ1) is 12.7. The second kappa shape index (κ2) is 5.74. The first-order chi connectivity index (χ1) is 8.72. The van der Waals surface area contributed by atoms with Gasteiger partial charge in [-0.15, -0.1) is 0 Å². The van der Waals surface area contributed by atoms with Crippen molar-refractivity contribution >= 4 is 16.9 Å². The van der Waals surface area contributed by atoms with Crippen LogP contribution in [0.4, 0.5) is 5.82 Å². The Kier molecular flexibility index (Phi) is 4.06. The van der Waals surface area contributed by atoms with Crippen molar-refractivity contribution in [3.8, 4) is 0 Å². The van der Waals surface area contributed by atoms with Crippen molar-refractivity contribution in [1.82, 2.24) is 19.7 Å². The zero-order valence-corrected chi connectivity index (χ0v) is 10.6. The van der Waals surface area contributed by atoms with Crippen LogP contribution in [0.1, 0.15) is 6.42 Å². The van der Waals surface area contributed by atoms with Gasteiger partial charge < -0.3 is 15.8 Å². The van der Waals surface area contributed by atoms with Crippen LogP contribution in [0, 0.1) is 0 Å². The van der Waals surface area contributed by atoms with Crippen molar-refractivity contribution in [3.05, 3.63) is 12.5 Å². The van der Waals surface area contributed by atoms with E-state index in [1.165, 1.54) is 6.33 Å². The van der Waals surface area contributed by atoms with Gasteiger partial charge in [0.25, 0.3) is 0 Å². The van der Waals surface area contributed by atoms with E-state index in [1.54, 1.807) is 18.0 Å².